The summed E-state index contributed by atoms with van der Waals surface area (Å²) in [6.07, 6.45) is 0. The smallest absolute Gasteiger partial charge is 0.0816 e. The van der Waals surface area contributed by atoms with Gasteiger partial charge in [-0.2, -0.15) is 0 Å². The molecule has 3 heteroatoms. The highest BCUT2D eigenvalue weighted by molar-refractivity contribution is 7.80. The monoisotopic (exact) mass is 236 g/mol. The highest BCUT2D eigenvalue weighted by Gasteiger charge is 2.16. The van der Waals surface area contributed by atoms with Crippen LogP contribution in [0.3, 0.4) is 0 Å². The number of nitrogens with two attached hydrogens (primary N) is 1. The number of thiocarbonyl (C=S) groups is 1. The molecule has 0 saturated heterocycles. The van der Waals surface area contributed by atoms with Crippen molar-refractivity contribution in [1.82, 2.24) is 4.90 Å². The normalized spacial score (nSPS) is 12.7. The summed E-state index contributed by atoms with van der Waals surface area (Å²) in [6.45, 7) is 7.29. The Labute approximate surface area is 103 Å². The first-order valence-corrected chi connectivity index (χ1v) is 6.16. The average molecular weight is 236 g/mol. The van der Waals surface area contributed by atoms with E-state index in [1.54, 1.807) is 0 Å². The quantitative estimate of drug-likeness (QED) is 0.769. The lowest BCUT2D eigenvalue weighted by Gasteiger charge is -2.24. The summed E-state index contributed by atoms with van der Waals surface area (Å²) in [4.78, 5) is 2.93. The number of hydrogen-bond donors (Lipinski definition) is 1. The minimum atomic E-state index is 0.163. The van der Waals surface area contributed by atoms with Crippen LogP contribution in [0.4, 0.5) is 0 Å². The number of nitrogens with zero attached hydrogens (tertiary/aromatic N) is 1. The number of rotatable bonds is 6. The van der Waals surface area contributed by atoms with Gasteiger partial charge in [-0.3, -0.25) is 0 Å². The van der Waals surface area contributed by atoms with Crippen molar-refractivity contribution in [2.24, 2.45) is 5.73 Å². The van der Waals surface area contributed by atoms with Gasteiger partial charge in [-0.15, -0.1) is 0 Å². The van der Waals surface area contributed by atoms with Crippen LogP contribution < -0.4 is 5.73 Å². The Morgan fingerprint density at radius 3 is 2.25 bits per heavy atom. The molecule has 0 aliphatic rings. The Morgan fingerprint density at radius 1 is 1.25 bits per heavy atom. The minimum absolute atomic E-state index is 0.163. The van der Waals surface area contributed by atoms with Gasteiger partial charge in [0.05, 0.1) is 4.99 Å². The summed E-state index contributed by atoms with van der Waals surface area (Å²) in [5, 5.41) is 0. The van der Waals surface area contributed by atoms with Crippen molar-refractivity contribution in [2.75, 3.05) is 19.6 Å². The van der Waals surface area contributed by atoms with Crippen LogP contribution in [0.15, 0.2) is 30.3 Å². The van der Waals surface area contributed by atoms with Gasteiger partial charge in [-0.25, -0.2) is 0 Å². The van der Waals surface area contributed by atoms with E-state index in [0.29, 0.717) is 4.99 Å². The first-order valence-electron chi connectivity index (χ1n) is 5.75. The lowest BCUT2D eigenvalue weighted by Crippen LogP contribution is -2.33. The highest BCUT2D eigenvalue weighted by Crippen LogP contribution is 2.17. The van der Waals surface area contributed by atoms with Crippen molar-refractivity contribution in [3.63, 3.8) is 0 Å². The molecule has 0 bridgehead atoms. The first kappa shape index (κ1) is 13.1. The fraction of sp³-hybridized carbons (Fsp3) is 0.462. The molecule has 1 atom stereocenters. The minimum Gasteiger partial charge on any atom is -0.393 e. The highest BCUT2D eigenvalue weighted by atomic mass is 32.1. The zero-order valence-corrected chi connectivity index (χ0v) is 10.8. The molecule has 2 nitrogen and oxygen atoms in total. The molecule has 0 amide bonds. The Morgan fingerprint density at radius 2 is 1.81 bits per heavy atom. The largest absolute Gasteiger partial charge is 0.393 e. The molecule has 0 aliphatic carbocycles. The lowest BCUT2D eigenvalue weighted by molar-refractivity contribution is 0.301. The van der Waals surface area contributed by atoms with Crippen LogP contribution in [0.1, 0.15) is 25.3 Å². The first-order chi connectivity index (χ1) is 7.69. The van der Waals surface area contributed by atoms with E-state index in [1.165, 1.54) is 5.56 Å². The summed E-state index contributed by atoms with van der Waals surface area (Å²) in [7, 11) is 0. The van der Waals surface area contributed by atoms with Crippen LogP contribution in [-0.4, -0.2) is 29.5 Å². The molecule has 0 aliphatic heterocycles. The molecule has 0 radical (unpaired) electrons. The lowest BCUT2D eigenvalue weighted by atomic mass is 9.98. The molecule has 0 aromatic heterocycles. The second kappa shape index (κ2) is 6.61. The Bertz CT molecular complexity index is 320. The molecule has 1 rings (SSSR count). The molecule has 16 heavy (non-hydrogen) atoms. The van der Waals surface area contributed by atoms with Crippen molar-refractivity contribution in [2.45, 2.75) is 19.8 Å². The van der Waals surface area contributed by atoms with Gasteiger partial charge in [0.15, 0.2) is 0 Å². The van der Waals surface area contributed by atoms with Crippen LogP contribution in [-0.2, 0) is 0 Å². The maximum atomic E-state index is 5.83. The molecule has 1 unspecified atom stereocenters. The Kier molecular flexibility index (Phi) is 5.43. The van der Waals surface area contributed by atoms with Gasteiger partial charge in [-0.1, -0.05) is 56.4 Å². The second-order valence-corrected chi connectivity index (χ2v) is 4.32. The molecule has 0 saturated carbocycles. The van der Waals surface area contributed by atoms with E-state index in [-0.39, 0.29) is 5.92 Å². The van der Waals surface area contributed by atoms with E-state index in [1.807, 2.05) is 18.2 Å². The Balaban J connectivity index is 2.80. The molecule has 0 heterocycles. The van der Waals surface area contributed by atoms with Crippen LogP contribution in [0.5, 0.6) is 0 Å². The van der Waals surface area contributed by atoms with E-state index in [4.69, 9.17) is 18.0 Å². The number of benzene rings is 1. The number of likely N-dealkylation sites (N-methyl/N-ethyl adjacent to an activating group) is 1. The topological polar surface area (TPSA) is 29.3 Å². The maximum absolute atomic E-state index is 5.83. The van der Waals surface area contributed by atoms with Gasteiger partial charge in [0.1, 0.15) is 0 Å². The van der Waals surface area contributed by atoms with Crippen molar-refractivity contribution >= 4 is 17.2 Å². The molecule has 1 aromatic rings. The number of hydrogen-bond acceptors (Lipinski definition) is 2. The summed E-state index contributed by atoms with van der Waals surface area (Å²) in [5.41, 5.74) is 7.04. The molecule has 1 aromatic carbocycles. The van der Waals surface area contributed by atoms with Gasteiger partial charge >= 0.3 is 0 Å². The van der Waals surface area contributed by atoms with Crippen LogP contribution >= 0.6 is 12.2 Å². The molecular weight excluding hydrogens is 216 g/mol. The van der Waals surface area contributed by atoms with E-state index < -0.39 is 0 Å². The third-order valence-corrected chi connectivity index (χ3v) is 3.17. The summed E-state index contributed by atoms with van der Waals surface area (Å²) in [6, 6.07) is 10.3. The van der Waals surface area contributed by atoms with E-state index in [9.17, 15) is 0 Å². The fourth-order valence-corrected chi connectivity index (χ4v) is 2.00. The zero-order valence-electron chi connectivity index (χ0n) is 10.0. The average Bonchev–Trinajstić information content (AvgIpc) is 2.31. The van der Waals surface area contributed by atoms with Crippen molar-refractivity contribution in [3.05, 3.63) is 35.9 Å². The molecule has 0 fully saturated rings. The SMILES string of the molecule is CCN(CC)CC(C(N)=S)c1ccccc1. The van der Waals surface area contributed by atoms with Crippen LogP contribution in [0.2, 0.25) is 0 Å². The summed E-state index contributed by atoms with van der Waals surface area (Å²) < 4.78 is 0. The third kappa shape index (κ3) is 3.58. The second-order valence-electron chi connectivity index (χ2n) is 3.85. The molecular formula is C13H20N2S. The van der Waals surface area contributed by atoms with E-state index >= 15 is 0 Å². The van der Waals surface area contributed by atoms with Gasteiger partial charge in [0.25, 0.3) is 0 Å². The van der Waals surface area contributed by atoms with Crippen molar-refractivity contribution in [1.29, 1.82) is 0 Å². The van der Waals surface area contributed by atoms with Crippen molar-refractivity contribution in [3.8, 4) is 0 Å². The van der Waals surface area contributed by atoms with E-state index in [2.05, 4.69) is 30.9 Å². The summed E-state index contributed by atoms with van der Waals surface area (Å²) >= 11 is 5.16. The predicted molar refractivity (Wildman–Crippen MR) is 73.8 cm³/mol. The van der Waals surface area contributed by atoms with Gasteiger partial charge in [0, 0.05) is 12.5 Å². The van der Waals surface area contributed by atoms with Gasteiger partial charge in [-0.05, 0) is 18.7 Å². The molecule has 0 spiro atoms. The van der Waals surface area contributed by atoms with Crippen LogP contribution in [0.25, 0.3) is 0 Å². The fourth-order valence-electron chi connectivity index (χ4n) is 1.78. The standard InChI is InChI=1S/C13H20N2S/c1-3-15(4-2)10-12(13(14)16)11-8-6-5-7-9-11/h5-9,12H,3-4,10H2,1-2H3,(H2,14,16). The maximum Gasteiger partial charge on any atom is 0.0816 e. The zero-order chi connectivity index (χ0) is 12.0. The van der Waals surface area contributed by atoms with E-state index in [0.717, 1.165) is 19.6 Å². The third-order valence-electron chi connectivity index (χ3n) is 2.88. The predicted octanol–water partition coefficient (Wildman–Crippen LogP) is 2.40. The molecule has 2 N–H and O–H groups in total. The molecule has 88 valence electrons. The van der Waals surface area contributed by atoms with Crippen molar-refractivity contribution < 1.29 is 0 Å². The summed E-state index contributed by atoms with van der Waals surface area (Å²) in [5.74, 6) is 0.163. The van der Waals surface area contributed by atoms with Crippen LogP contribution in [0, 0.1) is 0 Å². The van der Waals surface area contributed by atoms with Gasteiger partial charge < -0.3 is 10.6 Å². The van der Waals surface area contributed by atoms with Gasteiger partial charge in [0.2, 0.25) is 0 Å². The Hall–Kier alpha value is -0.930.